The first-order chi connectivity index (χ1) is 26.8. The topological polar surface area (TPSA) is 152 Å². The normalized spacial score (nSPS) is 15.2. The molecule has 0 aromatic carbocycles. The molecule has 0 amide bonds. The third kappa shape index (κ3) is 38.7. The van der Waals surface area contributed by atoms with Gasteiger partial charge >= 0.3 is 11.9 Å². The van der Waals surface area contributed by atoms with Gasteiger partial charge in [0.15, 0.2) is 6.10 Å². The summed E-state index contributed by atoms with van der Waals surface area (Å²) in [4.78, 5) is 37.5. The van der Waals surface area contributed by atoms with E-state index in [0.717, 1.165) is 44.9 Å². The molecule has 0 saturated carbocycles. The smallest absolute Gasteiger partial charge is 0.306 e. The number of allylic oxidation sites excluding steroid dienone is 6. The third-order valence-corrected chi connectivity index (χ3v) is 10.0. The molecule has 2 N–H and O–H groups in total. The van der Waals surface area contributed by atoms with E-state index >= 15 is 0 Å². The Labute approximate surface area is 340 Å². The highest BCUT2D eigenvalue weighted by Gasteiger charge is 2.22. The number of carbonyl (C=O) groups is 2. The Morgan fingerprint density at radius 3 is 1.66 bits per heavy atom. The highest BCUT2D eigenvalue weighted by atomic mass is 31.2. The highest BCUT2D eigenvalue weighted by molar-refractivity contribution is 7.45. The van der Waals surface area contributed by atoms with Crippen LogP contribution < -0.4 is 4.89 Å². The van der Waals surface area contributed by atoms with Gasteiger partial charge in [0.1, 0.15) is 19.8 Å². The monoisotopic (exact) mass is 814 g/mol. The Hall–Kier alpha value is -2.11. The first kappa shape index (κ1) is 53.9. The van der Waals surface area contributed by atoms with E-state index in [1.807, 2.05) is 51.5 Å². The summed E-state index contributed by atoms with van der Waals surface area (Å²) in [6.07, 6.45) is 33.5. The fourth-order valence-corrected chi connectivity index (χ4v) is 6.30. The summed E-state index contributed by atoms with van der Waals surface area (Å²) in [6, 6.07) is 0. The quantitative estimate of drug-likeness (QED) is 0.0203. The van der Waals surface area contributed by atoms with Crippen molar-refractivity contribution in [2.45, 2.75) is 173 Å². The lowest BCUT2D eigenvalue weighted by Gasteiger charge is -2.28. The first-order valence-corrected chi connectivity index (χ1v) is 23.0. The van der Waals surface area contributed by atoms with Crippen LogP contribution in [0.1, 0.15) is 155 Å². The van der Waals surface area contributed by atoms with Crippen molar-refractivity contribution in [3.05, 3.63) is 48.6 Å². The summed E-state index contributed by atoms with van der Waals surface area (Å²) in [5, 5.41) is 20.2. The molecular weight excluding hydrogens is 733 g/mol. The molecule has 4 atom stereocenters. The highest BCUT2D eigenvalue weighted by Crippen LogP contribution is 2.38. The molecule has 0 aliphatic carbocycles. The number of aliphatic hydroxyl groups excluding tert-OH is 2. The number of unbranched alkanes of at least 4 members (excludes halogenated alkanes) is 14. The van der Waals surface area contributed by atoms with Gasteiger partial charge in [-0.2, -0.15) is 0 Å². The maximum atomic E-state index is 12.6. The summed E-state index contributed by atoms with van der Waals surface area (Å²) in [5.41, 5.74) is 0. The molecule has 12 heteroatoms. The average Bonchev–Trinajstić information content (AvgIpc) is 3.13. The van der Waals surface area contributed by atoms with Gasteiger partial charge < -0.3 is 38.1 Å². The van der Waals surface area contributed by atoms with Gasteiger partial charge in [-0.05, 0) is 32.1 Å². The van der Waals surface area contributed by atoms with Gasteiger partial charge in [-0.25, -0.2) is 0 Å². The van der Waals surface area contributed by atoms with Gasteiger partial charge in [-0.15, -0.1) is 0 Å². The lowest BCUT2D eigenvalue weighted by Crippen LogP contribution is -2.37. The van der Waals surface area contributed by atoms with Crippen LogP contribution in [-0.2, 0) is 32.7 Å². The van der Waals surface area contributed by atoms with Crippen molar-refractivity contribution < 1.29 is 52.3 Å². The van der Waals surface area contributed by atoms with Crippen LogP contribution in [0.5, 0.6) is 0 Å². The maximum absolute atomic E-state index is 12.6. The number of phosphoric ester groups is 1. The maximum Gasteiger partial charge on any atom is 0.306 e. The minimum absolute atomic E-state index is 0.0288. The number of esters is 2. The van der Waals surface area contributed by atoms with Crippen molar-refractivity contribution in [3.63, 3.8) is 0 Å². The van der Waals surface area contributed by atoms with Gasteiger partial charge in [-0.1, -0.05) is 159 Å². The Kier molecular flexibility index (Phi) is 34.6. The first-order valence-electron chi connectivity index (χ1n) is 21.6. The van der Waals surface area contributed by atoms with Gasteiger partial charge in [0, 0.05) is 12.8 Å². The number of rotatable bonds is 38. The molecule has 0 radical (unpaired) electrons. The fraction of sp³-hybridized carbons (Fsp3) is 0.773. The molecule has 0 aromatic heterocycles. The number of hydrogen-bond donors (Lipinski definition) is 2. The molecule has 326 valence electrons. The van der Waals surface area contributed by atoms with Crippen molar-refractivity contribution in [2.24, 2.45) is 0 Å². The lowest BCUT2D eigenvalue weighted by atomic mass is 10.0. The number of quaternary nitrogens is 1. The van der Waals surface area contributed by atoms with Crippen molar-refractivity contribution in [3.8, 4) is 0 Å². The van der Waals surface area contributed by atoms with Crippen molar-refractivity contribution >= 4 is 19.8 Å². The Balaban J connectivity index is 4.61. The van der Waals surface area contributed by atoms with E-state index in [2.05, 4.69) is 13.8 Å². The molecule has 1 unspecified atom stereocenters. The van der Waals surface area contributed by atoms with Gasteiger partial charge in [0.05, 0.1) is 40.0 Å². The van der Waals surface area contributed by atoms with Crippen LogP contribution in [0.25, 0.3) is 0 Å². The SMILES string of the molecule is CCCCCCCCCCCCCCCC(=O)O[C@H](COC(=O)CCC[C@@H](O)/C=C/C=C\C/C=C\C=C\[C@@H](O)CCCCC)COP(=O)([O-])OCC[N+](C)(C)C. The van der Waals surface area contributed by atoms with Crippen LogP contribution in [0.3, 0.4) is 0 Å². The molecule has 0 aliphatic rings. The summed E-state index contributed by atoms with van der Waals surface area (Å²) in [5.74, 6) is -1.06. The molecule has 0 aliphatic heterocycles. The number of carbonyl (C=O) groups excluding carboxylic acids is 2. The number of aliphatic hydroxyl groups is 2. The van der Waals surface area contributed by atoms with E-state index in [1.54, 1.807) is 18.2 Å². The molecule has 0 bridgehead atoms. The zero-order chi connectivity index (χ0) is 41.8. The molecule has 0 saturated heterocycles. The van der Waals surface area contributed by atoms with E-state index in [9.17, 15) is 29.3 Å². The van der Waals surface area contributed by atoms with Crippen LogP contribution in [0.4, 0.5) is 0 Å². The number of phosphoric acid groups is 1. The summed E-state index contributed by atoms with van der Waals surface area (Å²) >= 11 is 0. The zero-order valence-corrected chi connectivity index (χ0v) is 36.7. The third-order valence-electron chi connectivity index (χ3n) is 9.06. The van der Waals surface area contributed by atoms with Gasteiger partial charge in [0.2, 0.25) is 0 Å². The molecule has 0 spiro atoms. The van der Waals surface area contributed by atoms with Gasteiger partial charge in [0.25, 0.3) is 7.82 Å². The zero-order valence-electron chi connectivity index (χ0n) is 35.8. The fourth-order valence-electron chi connectivity index (χ4n) is 5.57. The molecule has 0 aromatic rings. The Bertz CT molecular complexity index is 1130. The second kappa shape index (κ2) is 36.0. The number of likely N-dealkylation sites (N-methyl/N-ethyl adjacent to an activating group) is 1. The van der Waals surface area contributed by atoms with E-state index in [-0.39, 0.29) is 26.1 Å². The molecule has 0 fully saturated rings. The van der Waals surface area contributed by atoms with Crippen molar-refractivity contribution in [1.82, 2.24) is 0 Å². The van der Waals surface area contributed by atoms with Crippen LogP contribution in [-0.4, -0.2) is 92.5 Å². The molecule has 0 heterocycles. The second-order valence-electron chi connectivity index (χ2n) is 15.8. The van der Waals surface area contributed by atoms with Crippen molar-refractivity contribution in [1.29, 1.82) is 0 Å². The predicted molar refractivity (Wildman–Crippen MR) is 225 cm³/mol. The Morgan fingerprint density at radius 1 is 0.643 bits per heavy atom. The van der Waals surface area contributed by atoms with Crippen LogP contribution in [0.2, 0.25) is 0 Å². The number of hydrogen-bond acceptors (Lipinski definition) is 10. The van der Waals surface area contributed by atoms with E-state index < -0.39 is 44.7 Å². The molecule has 56 heavy (non-hydrogen) atoms. The summed E-state index contributed by atoms with van der Waals surface area (Å²) < 4.78 is 33.7. The molecule has 0 rings (SSSR count). The van der Waals surface area contributed by atoms with E-state index in [4.69, 9.17) is 18.5 Å². The van der Waals surface area contributed by atoms with Gasteiger partial charge in [-0.3, -0.25) is 14.2 Å². The molecule has 11 nitrogen and oxygen atoms in total. The molecular formula is C44H80NO10P. The van der Waals surface area contributed by atoms with Crippen LogP contribution >= 0.6 is 7.82 Å². The Morgan fingerprint density at radius 2 is 1.12 bits per heavy atom. The average molecular weight is 814 g/mol. The standard InChI is InChI=1S/C44H80NO10P/c1-6-8-10-11-12-13-14-15-16-17-21-24-28-34-44(49)55-42(39-54-56(50,51)53-37-36-45(3,4)5)38-52-43(48)35-29-33-41(47)32-27-23-20-18-19-22-26-31-40(46)30-25-9-7-2/h19-20,22-23,26-27,31-32,40-42,46-47H,6-18,21,24-25,28-30,33-39H2,1-5H3/b22-19-,23-20-,31-26+,32-27+/t40-,41-,42+/m0/s1. The van der Waals surface area contributed by atoms with Crippen molar-refractivity contribution in [2.75, 3.05) is 47.5 Å². The summed E-state index contributed by atoms with van der Waals surface area (Å²) in [7, 11) is 1.04. The predicted octanol–water partition coefficient (Wildman–Crippen LogP) is 9.22. The largest absolute Gasteiger partial charge is 0.756 e. The van der Waals surface area contributed by atoms with E-state index in [1.165, 1.54) is 57.8 Å². The van der Waals surface area contributed by atoms with E-state index in [0.29, 0.717) is 36.7 Å². The minimum Gasteiger partial charge on any atom is -0.756 e. The minimum atomic E-state index is -4.68. The number of ether oxygens (including phenoxy) is 2. The number of nitrogens with zero attached hydrogens (tertiary/aromatic N) is 1. The van der Waals surface area contributed by atoms with Crippen LogP contribution in [0.15, 0.2) is 48.6 Å². The second-order valence-corrected chi connectivity index (χ2v) is 17.2. The van der Waals surface area contributed by atoms with Crippen LogP contribution in [0, 0.1) is 0 Å². The summed E-state index contributed by atoms with van der Waals surface area (Å²) in [6.45, 7) is 3.85. The lowest BCUT2D eigenvalue weighted by molar-refractivity contribution is -0.870.